The van der Waals surface area contributed by atoms with Crippen LogP contribution < -0.4 is 10.1 Å². The zero-order valence-electron chi connectivity index (χ0n) is 13.7. The SMILES string of the molecule is COc1cccc(-c2cc(C3(C(=O)Nc4cccnc4)CC3)no2)c1. The van der Waals surface area contributed by atoms with Gasteiger partial charge >= 0.3 is 0 Å². The number of rotatable bonds is 5. The van der Waals surface area contributed by atoms with Crippen LogP contribution in [0.3, 0.4) is 0 Å². The van der Waals surface area contributed by atoms with E-state index in [1.165, 1.54) is 0 Å². The number of hydrogen-bond donors (Lipinski definition) is 1. The summed E-state index contributed by atoms with van der Waals surface area (Å²) in [5.74, 6) is 1.28. The summed E-state index contributed by atoms with van der Waals surface area (Å²) in [6.45, 7) is 0. The first kappa shape index (κ1) is 15.4. The minimum Gasteiger partial charge on any atom is -0.497 e. The molecule has 0 saturated heterocycles. The Kier molecular flexibility index (Phi) is 3.72. The average Bonchev–Trinajstić information content (AvgIpc) is 3.32. The van der Waals surface area contributed by atoms with Crippen LogP contribution in [0.4, 0.5) is 5.69 Å². The average molecular weight is 335 g/mol. The van der Waals surface area contributed by atoms with Crippen LogP contribution in [0, 0.1) is 0 Å². The number of methoxy groups -OCH3 is 1. The van der Waals surface area contributed by atoms with Crippen molar-refractivity contribution in [1.29, 1.82) is 0 Å². The summed E-state index contributed by atoms with van der Waals surface area (Å²) < 4.78 is 10.7. The van der Waals surface area contributed by atoms with Gasteiger partial charge in [-0.2, -0.15) is 0 Å². The van der Waals surface area contributed by atoms with Crippen molar-refractivity contribution < 1.29 is 14.1 Å². The number of pyridine rings is 1. The zero-order chi connectivity index (χ0) is 17.3. The third-order valence-corrected chi connectivity index (χ3v) is 4.46. The minimum atomic E-state index is -0.615. The van der Waals surface area contributed by atoms with Crippen molar-refractivity contribution in [1.82, 2.24) is 10.1 Å². The van der Waals surface area contributed by atoms with Crippen molar-refractivity contribution in [3.05, 3.63) is 60.6 Å². The predicted octanol–water partition coefficient (Wildman–Crippen LogP) is 3.42. The second-order valence-electron chi connectivity index (χ2n) is 6.09. The summed E-state index contributed by atoms with van der Waals surface area (Å²) in [6.07, 6.45) is 4.80. The van der Waals surface area contributed by atoms with Gasteiger partial charge in [0.15, 0.2) is 5.76 Å². The Morgan fingerprint density at radius 1 is 1.24 bits per heavy atom. The zero-order valence-corrected chi connectivity index (χ0v) is 13.7. The van der Waals surface area contributed by atoms with Gasteiger partial charge in [0.05, 0.1) is 30.1 Å². The predicted molar refractivity (Wildman–Crippen MR) is 92.3 cm³/mol. The van der Waals surface area contributed by atoms with Crippen LogP contribution in [0.25, 0.3) is 11.3 Å². The maximum Gasteiger partial charge on any atom is 0.236 e. The van der Waals surface area contributed by atoms with Crippen LogP contribution in [0.2, 0.25) is 0 Å². The number of anilines is 1. The number of amides is 1. The summed E-state index contributed by atoms with van der Waals surface area (Å²) in [4.78, 5) is 16.7. The lowest BCUT2D eigenvalue weighted by Gasteiger charge is -2.11. The number of ether oxygens (including phenoxy) is 1. The summed E-state index contributed by atoms with van der Waals surface area (Å²) in [5, 5.41) is 7.06. The van der Waals surface area contributed by atoms with Crippen molar-refractivity contribution in [2.75, 3.05) is 12.4 Å². The molecule has 0 bridgehead atoms. The van der Waals surface area contributed by atoms with Gasteiger partial charge in [-0.25, -0.2) is 0 Å². The molecule has 0 spiro atoms. The minimum absolute atomic E-state index is 0.0778. The van der Waals surface area contributed by atoms with Gasteiger partial charge in [-0.1, -0.05) is 17.3 Å². The molecule has 1 aliphatic carbocycles. The van der Waals surface area contributed by atoms with Gasteiger partial charge < -0.3 is 14.6 Å². The largest absolute Gasteiger partial charge is 0.497 e. The van der Waals surface area contributed by atoms with E-state index in [0.717, 1.165) is 24.2 Å². The topological polar surface area (TPSA) is 77.2 Å². The Morgan fingerprint density at radius 3 is 2.84 bits per heavy atom. The van der Waals surface area contributed by atoms with E-state index < -0.39 is 5.41 Å². The molecule has 2 aromatic heterocycles. The first-order chi connectivity index (χ1) is 12.2. The first-order valence-corrected chi connectivity index (χ1v) is 8.04. The Bertz CT molecular complexity index is 901. The molecule has 1 amide bonds. The number of nitrogens with one attached hydrogen (secondary N) is 1. The fourth-order valence-electron chi connectivity index (χ4n) is 2.83. The molecule has 1 saturated carbocycles. The maximum absolute atomic E-state index is 12.7. The summed E-state index contributed by atoms with van der Waals surface area (Å²) >= 11 is 0. The van der Waals surface area contributed by atoms with Crippen LogP contribution in [0.1, 0.15) is 18.5 Å². The Morgan fingerprint density at radius 2 is 2.12 bits per heavy atom. The summed E-state index contributed by atoms with van der Waals surface area (Å²) in [7, 11) is 1.62. The number of carbonyl (C=O) groups is 1. The highest BCUT2D eigenvalue weighted by Gasteiger charge is 2.53. The van der Waals surface area contributed by atoms with Crippen LogP contribution in [0.15, 0.2) is 59.4 Å². The van der Waals surface area contributed by atoms with Crippen molar-refractivity contribution in [3.63, 3.8) is 0 Å². The van der Waals surface area contributed by atoms with Crippen molar-refractivity contribution in [2.45, 2.75) is 18.3 Å². The quantitative estimate of drug-likeness (QED) is 0.773. The third-order valence-electron chi connectivity index (χ3n) is 4.46. The third kappa shape index (κ3) is 2.87. The van der Waals surface area contributed by atoms with Gasteiger partial charge in [0.25, 0.3) is 0 Å². The fraction of sp³-hybridized carbons (Fsp3) is 0.211. The van der Waals surface area contributed by atoms with E-state index in [1.807, 2.05) is 36.4 Å². The van der Waals surface area contributed by atoms with E-state index in [2.05, 4.69) is 15.5 Å². The number of aromatic nitrogens is 2. The first-order valence-electron chi connectivity index (χ1n) is 8.04. The van der Waals surface area contributed by atoms with E-state index in [-0.39, 0.29) is 5.91 Å². The molecule has 1 N–H and O–H groups in total. The normalized spacial score (nSPS) is 14.8. The number of benzene rings is 1. The van der Waals surface area contributed by atoms with Crippen molar-refractivity contribution in [3.8, 4) is 17.1 Å². The van der Waals surface area contributed by atoms with Gasteiger partial charge in [-0.05, 0) is 37.1 Å². The van der Waals surface area contributed by atoms with Crippen LogP contribution in [-0.4, -0.2) is 23.2 Å². The van der Waals surface area contributed by atoms with E-state index in [9.17, 15) is 4.79 Å². The molecule has 0 radical (unpaired) electrons. The molecule has 6 nitrogen and oxygen atoms in total. The van der Waals surface area contributed by atoms with Gasteiger partial charge in [0.1, 0.15) is 5.75 Å². The molecular formula is C19H17N3O3. The molecule has 0 aliphatic heterocycles. The Hall–Kier alpha value is -3.15. The van der Waals surface area contributed by atoms with E-state index >= 15 is 0 Å². The van der Waals surface area contributed by atoms with Crippen LogP contribution in [-0.2, 0) is 10.2 Å². The number of nitrogens with zero attached hydrogens (tertiary/aromatic N) is 2. The van der Waals surface area contributed by atoms with Gasteiger partial charge in [-0.15, -0.1) is 0 Å². The monoisotopic (exact) mass is 335 g/mol. The molecule has 0 atom stereocenters. The van der Waals surface area contributed by atoms with Gasteiger partial charge in [0, 0.05) is 17.8 Å². The van der Waals surface area contributed by atoms with E-state index in [4.69, 9.17) is 9.26 Å². The molecule has 3 aromatic rings. The molecule has 4 rings (SSSR count). The highest BCUT2D eigenvalue weighted by Crippen LogP contribution is 2.49. The Labute approximate surface area is 144 Å². The molecule has 1 aromatic carbocycles. The fourth-order valence-corrected chi connectivity index (χ4v) is 2.83. The molecule has 0 unspecified atom stereocenters. The summed E-state index contributed by atoms with van der Waals surface area (Å²) in [6, 6.07) is 13.0. The molecule has 1 aliphatic rings. The summed E-state index contributed by atoms with van der Waals surface area (Å²) in [5.41, 5.74) is 1.58. The van der Waals surface area contributed by atoms with Crippen LogP contribution in [0.5, 0.6) is 5.75 Å². The van der Waals surface area contributed by atoms with Gasteiger partial charge in [0.2, 0.25) is 5.91 Å². The molecule has 2 heterocycles. The lowest BCUT2D eigenvalue weighted by Crippen LogP contribution is -2.28. The molecular weight excluding hydrogens is 318 g/mol. The highest BCUT2D eigenvalue weighted by atomic mass is 16.5. The standard InChI is InChI=1S/C19H17N3O3/c1-24-15-6-2-4-13(10-15)16-11-17(22-25-16)19(7-8-19)18(23)21-14-5-3-9-20-12-14/h2-6,9-12H,7-8H2,1H3,(H,21,23). The number of hydrogen-bond acceptors (Lipinski definition) is 5. The van der Waals surface area contributed by atoms with Gasteiger partial charge in [-0.3, -0.25) is 9.78 Å². The maximum atomic E-state index is 12.7. The van der Waals surface area contributed by atoms with E-state index in [0.29, 0.717) is 17.1 Å². The van der Waals surface area contributed by atoms with E-state index in [1.54, 1.807) is 25.6 Å². The second-order valence-corrected chi connectivity index (χ2v) is 6.09. The lowest BCUT2D eigenvalue weighted by molar-refractivity contribution is -0.118. The molecule has 1 fully saturated rings. The molecule has 25 heavy (non-hydrogen) atoms. The van der Waals surface area contributed by atoms with Crippen molar-refractivity contribution >= 4 is 11.6 Å². The Balaban J connectivity index is 1.57. The number of carbonyl (C=O) groups excluding carboxylic acids is 1. The second kappa shape index (κ2) is 6.05. The van der Waals surface area contributed by atoms with Crippen molar-refractivity contribution in [2.24, 2.45) is 0 Å². The highest BCUT2D eigenvalue weighted by molar-refractivity contribution is 6.01. The molecule has 126 valence electrons. The molecule has 6 heteroatoms. The lowest BCUT2D eigenvalue weighted by atomic mass is 10.00. The smallest absolute Gasteiger partial charge is 0.236 e. The van der Waals surface area contributed by atoms with Crippen LogP contribution >= 0.6 is 0 Å².